The van der Waals surface area contributed by atoms with Gasteiger partial charge in [-0.1, -0.05) is 11.8 Å². The summed E-state index contributed by atoms with van der Waals surface area (Å²) >= 11 is 1.01. The zero-order valence-electron chi connectivity index (χ0n) is 10.4. The van der Waals surface area contributed by atoms with Crippen LogP contribution in [0.2, 0.25) is 0 Å². The van der Waals surface area contributed by atoms with E-state index in [-0.39, 0.29) is 30.0 Å². The number of nitrogen functional groups attached to an aromatic ring is 1. The van der Waals surface area contributed by atoms with Gasteiger partial charge in [0.15, 0.2) is 0 Å². The van der Waals surface area contributed by atoms with Crippen LogP contribution in [0.5, 0.6) is 0 Å². The molecule has 1 saturated heterocycles. The zero-order valence-corrected chi connectivity index (χ0v) is 11.2. The first-order valence-electron chi connectivity index (χ1n) is 5.79. The van der Waals surface area contributed by atoms with E-state index in [4.69, 9.17) is 5.84 Å². The van der Waals surface area contributed by atoms with Crippen molar-refractivity contribution >= 4 is 28.8 Å². The molecule has 1 fully saturated rings. The van der Waals surface area contributed by atoms with Crippen LogP contribution < -0.4 is 11.3 Å². The predicted octanol–water partition coefficient (Wildman–Crippen LogP) is 1.01. The number of nitrogens with two attached hydrogens (primary N) is 1. The molecular weight excluding hydrogens is 285 g/mol. The van der Waals surface area contributed by atoms with Gasteiger partial charge in [0.05, 0.1) is 6.54 Å². The summed E-state index contributed by atoms with van der Waals surface area (Å²) in [7, 11) is 0. The van der Waals surface area contributed by atoms with Gasteiger partial charge in [-0.3, -0.25) is 24.7 Å². The molecule has 0 bridgehead atoms. The van der Waals surface area contributed by atoms with Gasteiger partial charge >= 0.3 is 0 Å². The monoisotopic (exact) mass is 297 g/mol. The molecule has 1 aliphatic heterocycles. The molecule has 106 valence electrons. The molecule has 3 N–H and O–H groups in total. The first-order valence-corrected chi connectivity index (χ1v) is 6.78. The van der Waals surface area contributed by atoms with E-state index in [1.165, 1.54) is 12.1 Å². The van der Waals surface area contributed by atoms with Crippen molar-refractivity contribution in [3.8, 4) is 0 Å². The summed E-state index contributed by atoms with van der Waals surface area (Å²) in [4.78, 5) is 35.7. The molecule has 1 aliphatic rings. The Hall–Kier alpha value is -1.93. The first-order chi connectivity index (χ1) is 9.52. The fourth-order valence-electron chi connectivity index (χ4n) is 1.78. The molecule has 1 aromatic rings. The van der Waals surface area contributed by atoms with Gasteiger partial charge in [0.1, 0.15) is 5.82 Å². The molecule has 8 heteroatoms. The van der Waals surface area contributed by atoms with Crippen molar-refractivity contribution < 1.29 is 18.8 Å². The van der Waals surface area contributed by atoms with Gasteiger partial charge in [0, 0.05) is 23.3 Å². The molecule has 0 unspecified atom stereocenters. The predicted molar refractivity (Wildman–Crippen MR) is 71.1 cm³/mol. The van der Waals surface area contributed by atoms with Crippen molar-refractivity contribution in [3.63, 3.8) is 0 Å². The van der Waals surface area contributed by atoms with E-state index in [0.717, 1.165) is 22.7 Å². The maximum Gasteiger partial charge on any atom is 0.288 e. The van der Waals surface area contributed by atoms with Crippen molar-refractivity contribution in [1.82, 2.24) is 10.3 Å². The molecule has 0 saturated carbocycles. The molecule has 20 heavy (non-hydrogen) atoms. The molecule has 1 heterocycles. The van der Waals surface area contributed by atoms with Crippen molar-refractivity contribution in [2.24, 2.45) is 5.84 Å². The normalized spacial score (nSPS) is 15.4. The number of nitrogens with one attached hydrogen (secondary N) is 1. The Morgan fingerprint density at radius 1 is 1.45 bits per heavy atom. The third kappa shape index (κ3) is 2.97. The highest BCUT2D eigenvalue weighted by atomic mass is 32.2. The molecule has 2 rings (SSSR count). The maximum atomic E-state index is 13.7. The summed E-state index contributed by atoms with van der Waals surface area (Å²) in [6.07, 6.45) is 0.237. The summed E-state index contributed by atoms with van der Waals surface area (Å²) in [6, 6.07) is 3.65. The van der Waals surface area contributed by atoms with Crippen molar-refractivity contribution in [2.45, 2.75) is 13.0 Å². The minimum Gasteiger partial charge on any atom is -0.290 e. The van der Waals surface area contributed by atoms with Crippen molar-refractivity contribution in [2.75, 3.05) is 5.75 Å². The van der Waals surface area contributed by atoms with Crippen LogP contribution in [-0.2, 0) is 11.3 Å². The third-order valence-corrected chi connectivity index (χ3v) is 3.71. The van der Waals surface area contributed by atoms with Crippen molar-refractivity contribution in [3.05, 3.63) is 35.1 Å². The van der Waals surface area contributed by atoms with Gasteiger partial charge in [0.25, 0.3) is 11.1 Å². The highest BCUT2D eigenvalue weighted by Crippen LogP contribution is 2.22. The number of halogens is 1. The zero-order chi connectivity index (χ0) is 14.7. The lowest BCUT2D eigenvalue weighted by molar-refractivity contribution is -0.128. The second-order valence-corrected chi connectivity index (χ2v) is 5.17. The average Bonchev–Trinajstić information content (AvgIpc) is 2.44. The lowest BCUT2D eigenvalue weighted by Crippen LogP contribution is -2.37. The van der Waals surface area contributed by atoms with Crippen LogP contribution >= 0.6 is 11.8 Å². The third-order valence-electron chi connectivity index (χ3n) is 2.83. The molecular formula is C12H12FN3O3S. The van der Waals surface area contributed by atoms with Crippen LogP contribution in [0.4, 0.5) is 9.18 Å². The fourth-order valence-corrected chi connectivity index (χ4v) is 2.56. The summed E-state index contributed by atoms with van der Waals surface area (Å²) < 4.78 is 13.7. The summed E-state index contributed by atoms with van der Waals surface area (Å²) in [6.45, 7) is -0.192. The van der Waals surface area contributed by atoms with Crippen LogP contribution in [0, 0.1) is 5.82 Å². The smallest absolute Gasteiger partial charge is 0.288 e. The Balaban J connectivity index is 2.25. The number of hydrogen-bond donors (Lipinski definition) is 2. The number of hydrogen-bond acceptors (Lipinski definition) is 5. The number of hydrazine groups is 1. The van der Waals surface area contributed by atoms with E-state index in [9.17, 15) is 18.8 Å². The summed E-state index contributed by atoms with van der Waals surface area (Å²) in [5, 5.41) is -0.408. The minimum atomic E-state index is -0.588. The Kier molecular flexibility index (Phi) is 4.35. The SMILES string of the molecule is NNC(=O)c1ccc(F)c(CN2C(=O)CCSC2=O)c1. The van der Waals surface area contributed by atoms with Gasteiger partial charge in [-0.25, -0.2) is 10.2 Å². The van der Waals surface area contributed by atoms with Crippen LogP contribution in [0.15, 0.2) is 18.2 Å². The molecule has 0 aliphatic carbocycles. The molecule has 3 amide bonds. The van der Waals surface area contributed by atoms with E-state index >= 15 is 0 Å². The Morgan fingerprint density at radius 2 is 2.20 bits per heavy atom. The molecule has 0 atom stereocenters. The van der Waals surface area contributed by atoms with Crippen LogP contribution in [0.1, 0.15) is 22.3 Å². The highest BCUT2D eigenvalue weighted by Gasteiger charge is 2.27. The fraction of sp³-hybridized carbons (Fsp3) is 0.250. The van der Waals surface area contributed by atoms with Gasteiger partial charge < -0.3 is 0 Å². The van der Waals surface area contributed by atoms with Gasteiger partial charge in [-0.2, -0.15) is 0 Å². The molecule has 6 nitrogen and oxygen atoms in total. The highest BCUT2D eigenvalue weighted by molar-refractivity contribution is 8.13. The molecule has 0 spiro atoms. The lowest BCUT2D eigenvalue weighted by Gasteiger charge is -2.24. The van der Waals surface area contributed by atoms with E-state index < -0.39 is 17.0 Å². The number of carbonyl (C=O) groups excluding carboxylic acids is 3. The quantitative estimate of drug-likeness (QED) is 0.493. The Morgan fingerprint density at radius 3 is 2.85 bits per heavy atom. The van der Waals surface area contributed by atoms with Gasteiger partial charge in [-0.15, -0.1) is 0 Å². The van der Waals surface area contributed by atoms with Crippen LogP contribution in [0.3, 0.4) is 0 Å². The standard InChI is InChI=1S/C12H12FN3O3S/c13-9-2-1-7(11(18)15-14)5-8(9)6-16-10(17)3-4-20-12(16)19/h1-2,5H,3-4,6,14H2,(H,15,18). The molecule has 0 radical (unpaired) electrons. The summed E-state index contributed by atoms with van der Waals surface area (Å²) in [5.41, 5.74) is 2.19. The largest absolute Gasteiger partial charge is 0.290 e. The van der Waals surface area contributed by atoms with E-state index in [1.807, 2.05) is 5.43 Å². The van der Waals surface area contributed by atoms with Crippen molar-refractivity contribution in [1.29, 1.82) is 0 Å². The second-order valence-electron chi connectivity index (χ2n) is 4.12. The number of nitrogens with zero attached hydrogens (tertiary/aromatic N) is 1. The molecule has 1 aromatic carbocycles. The number of rotatable bonds is 3. The topological polar surface area (TPSA) is 92.5 Å². The Labute approximate surface area is 118 Å². The summed E-state index contributed by atoms with van der Waals surface area (Å²) in [5.74, 6) is 3.94. The lowest BCUT2D eigenvalue weighted by atomic mass is 10.1. The van der Waals surface area contributed by atoms with Crippen LogP contribution in [-0.4, -0.2) is 27.7 Å². The average molecular weight is 297 g/mol. The number of thioether (sulfide) groups is 1. The first kappa shape index (κ1) is 14.5. The maximum absolute atomic E-state index is 13.7. The van der Waals surface area contributed by atoms with E-state index in [1.54, 1.807) is 0 Å². The minimum absolute atomic E-state index is 0.0929. The number of benzene rings is 1. The second kappa shape index (κ2) is 6.02. The van der Waals surface area contributed by atoms with Gasteiger partial charge in [-0.05, 0) is 18.2 Å². The van der Waals surface area contributed by atoms with E-state index in [0.29, 0.717) is 5.75 Å². The number of amides is 3. The molecule has 0 aromatic heterocycles. The number of imide groups is 1. The number of carbonyl (C=O) groups is 3. The van der Waals surface area contributed by atoms with Gasteiger partial charge in [0.2, 0.25) is 5.91 Å². The van der Waals surface area contributed by atoms with E-state index in [2.05, 4.69) is 0 Å². The Bertz CT molecular complexity index is 563. The van der Waals surface area contributed by atoms with Crippen LogP contribution in [0.25, 0.3) is 0 Å².